The van der Waals surface area contributed by atoms with Crippen molar-refractivity contribution < 1.29 is 9.53 Å². The van der Waals surface area contributed by atoms with Crippen LogP contribution in [0, 0.1) is 5.92 Å². The van der Waals surface area contributed by atoms with Gasteiger partial charge in [-0.1, -0.05) is 24.4 Å². The van der Waals surface area contributed by atoms with Crippen molar-refractivity contribution in [2.45, 2.75) is 32.6 Å². The van der Waals surface area contributed by atoms with Gasteiger partial charge in [0.25, 0.3) is 0 Å². The van der Waals surface area contributed by atoms with E-state index in [4.69, 9.17) is 16.3 Å². The lowest BCUT2D eigenvalue weighted by molar-refractivity contribution is 0.101. The number of Topliss-reactive ketones (excluding diaryl/α,β-unsaturated/α-hetero) is 1. The summed E-state index contributed by atoms with van der Waals surface area (Å²) in [7, 11) is 0. The highest BCUT2D eigenvalue weighted by molar-refractivity contribution is 6.34. The van der Waals surface area contributed by atoms with E-state index in [0.29, 0.717) is 16.5 Å². The fraction of sp³-hybridized carbons (Fsp3) is 0.500. The van der Waals surface area contributed by atoms with Crippen LogP contribution in [0.5, 0.6) is 5.75 Å². The van der Waals surface area contributed by atoms with Crippen molar-refractivity contribution in [2.24, 2.45) is 5.92 Å². The molecule has 0 spiro atoms. The minimum absolute atomic E-state index is 0.0163. The number of carbonyl (C=O) groups is 1. The van der Waals surface area contributed by atoms with E-state index < -0.39 is 0 Å². The van der Waals surface area contributed by atoms with Gasteiger partial charge in [-0.25, -0.2) is 0 Å². The molecule has 1 fully saturated rings. The van der Waals surface area contributed by atoms with Gasteiger partial charge in [-0.15, -0.1) is 0 Å². The normalized spacial score (nSPS) is 16.1. The molecule has 3 heteroatoms. The van der Waals surface area contributed by atoms with Crippen LogP contribution in [0.15, 0.2) is 18.2 Å². The number of halogens is 1. The molecule has 0 amide bonds. The first kappa shape index (κ1) is 12.4. The Morgan fingerprint density at radius 2 is 2.12 bits per heavy atom. The van der Waals surface area contributed by atoms with Crippen LogP contribution in [-0.2, 0) is 0 Å². The highest BCUT2D eigenvalue weighted by Gasteiger charge is 2.15. The molecule has 1 aromatic rings. The molecule has 1 aromatic carbocycles. The number of benzene rings is 1. The highest BCUT2D eigenvalue weighted by atomic mass is 35.5. The van der Waals surface area contributed by atoms with Gasteiger partial charge in [0.2, 0.25) is 0 Å². The lowest BCUT2D eigenvalue weighted by Gasteiger charge is -2.12. The predicted molar refractivity (Wildman–Crippen MR) is 68.9 cm³/mol. The van der Waals surface area contributed by atoms with Gasteiger partial charge in [-0.3, -0.25) is 4.79 Å². The summed E-state index contributed by atoms with van der Waals surface area (Å²) in [5.74, 6) is 1.42. The molecule has 0 atom stereocenters. The van der Waals surface area contributed by atoms with Crippen molar-refractivity contribution in [3.63, 3.8) is 0 Å². The minimum atomic E-state index is -0.0163. The Bertz CT molecular complexity index is 409. The Morgan fingerprint density at radius 3 is 2.71 bits per heavy atom. The fourth-order valence-electron chi connectivity index (χ4n) is 2.26. The quantitative estimate of drug-likeness (QED) is 0.754. The zero-order valence-corrected chi connectivity index (χ0v) is 10.8. The first-order valence-electron chi connectivity index (χ1n) is 6.10. The molecular formula is C14H17ClO2. The van der Waals surface area contributed by atoms with Gasteiger partial charge >= 0.3 is 0 Å². The summed E-state index contributed by atoms with van der Waals surface area (Å²) in [6, 6.07) is 5.28. The predicted octanol–water partition coefficient (Wildman–Crippen LogP) is 4.11. The van der Waals surface area contributed by atoms with Gasteiger partial charge in [-0.05, 0) is 43.9 Å². The van der Waals surface area contributed by atoms with Gasteiger partial charge < -0.3 is 4.74 Å². The van der Waals surface area contributed by atoms with Crippen molar-refractivity contribution in [3.05, 3.63) is 28.8 Å². The lowest BCUT2D eigenvalue weighted by atomic mass is 10.1. The second-order valence-corrected chi connectivity index (χ2v) is 5.07. The fourth-order valence-corrected chi connectivity index (χ4v) is 2.57. The molecule has 1 aliphatic rings. The first-order chi connectivity index (χ1) is 8.16. The molecule has 2 rings (SSSR count). The standard InChI is InChI=1S/C14H17ClO2/c1-10(16)13-7-6-12(8-14(13)15)17-9-11-4-2-3-5-11/h6-8,11H,2-5,9H2,1H3. The maximum atomic E-state index is 11.2. The summed E-state index contributed by atoms with van der Waals surface area (Å²) >= 11 is 6.02. The smallest absolute Gasteiger partial charge is 0.161 e. The molecule has 0 bridgehead atoms. The van der Waals surface area contributed by atoms with E-state index in [0.717, 1.165) is 12.4 Å². The van der Waals surface area contributed by atoms with Crippen LogP contribution >= 0.6 is 11.6 Å². The molecule has 92 valence electrons. The topological polar surface area (TPSA) is 26.3 Å². The van der Waals surface area contributed by atoms with E-state index in [2.05, 4.69) is 0 Å². The molecular weight excluding hydrogens is 236 g/mol. The Balaban J connectivity index is 1.97. The molecule has 0 N–H and O–H groups in total. The lowest BCUT2D eigenvalue weighted by Crippen LogP contribution is -2.08. The van der Waals surface area contributed by atoms with Gasteiger partial charge in [0.1, 0.15) is 5.75 Å². The summed E-state index contributed by atoms with van der Waals surface area (Å²) in [4.78, 5) is 11.2. The van der Waals surface area contributed by atoms with Gasteiger partial charge in [0, 0.05) is 5.56 Å². The zero-order valence-electron chi connectivity index (χ0n) is 10.0. The molecule has 0 saturated heterocycles. The van der Waals surface area contributed by atoms with Gasteiger partial charge in [-0.2, -0.15) is 0 Å². The second kappa shape index (κ2) is 5.54. The molecule has 0 aliphatic heterocycles. The summed E-state index contributed by atoms with van der Waals surface area (Å²) < 4.78 is 5.71. The summed E-state index contributed by atoms with van der Waals surface area (Å²) in [5, 5.41) is 0.474. The molecule has 1 saturated carbocycles. The molecule has 2 nitrogen and oxygen atoms in total. The Hall–Kier alpha value is -1.02. The third-order valence-electron chi connectivity index (χ3n) is 3.28. The van der Waals surface area contributed by atoms with E-state index >= 15 is 0 Å². The average molecular weight is 253 g/mol. The van der Waals surface area contributed by atoms with E-state index in [1.807, 2.05) is 6.07 Å². The van der Waals surface area contributed by atoms with Gasteiger partial charge in [0.05, 0.1) is 11.6 Å². The molecule has 0 aromatic heterocycles. The number of ketones is 1. The van der Waals surface area contributed by atoms with Crippen molar-refractivity contribution >= 4 is 17.4 Å². The maximum absolute atomic E-state index is 11.2. The summed E-state index contributed by atoms with van der Waals surface area (Å²) in [6.07, 6.45) is 5.16. The van der Waals surface area contributed by atoms with Crippen LogP contribution in [0.3, 0.4) is 0 Å². The summed E-state index contributed by atoms with van der Waals surface area (Å²) in [6.45, 7) is 2.27. The Morgan fingerprint density at radius 1 is 1.41 bits per heavy atom. The molecule has 1 aliphatic carbocycles. The van der Waals surface area contributed by atoms with E-state index in [9.17, 15) is 4.79 Å². The van der Waals surface area contributed by atoms with Crippen LogP contribution in [-0.4, -0.2) is 12.4 Å². The largest absolute Gasteiger partial charge is 0.493 e. The molecule has 0 heterocycles. The number of rotatable bonds is 4. The van der Waals surface area contributed by atoms with Crippen LogP contribution in [0.2, 0.25) is 5.02 Å². The molecule has 17 heavy (non-hydrogen) atoms. The van der Waals surface area contributed by atoms with Crippen molar-refractivity contribution in [1.82, 2.24) is 0 Å². The van der Waals surface area contributed by atoms with Crippen molar-refractivity contribution in [2.75, 3.05) is 6.61 Å². The van der Waals surface area contributed by atoms with Crippen LogP contribution < -0.4 is 4.74 Å². The second-order valence-electron chi connectivity index (χ2n) is 4.66. The highest BCUT2D eigenvalue weighted by Crippen LogP contribution is 2.27. The monoisotopic (exact) mass is 252 g/mol. The van der Waals surface area contributed by atoms with Crippen LogP contribution in [0.4, 0.5) is 0 Å². The van der Waals surface area contributed by atoms with Gasteiger partial charge in [0.15, 0.2) is 5.78 Å². The SMILES string of the molecule is CC(=O)c1ccc(OCC2CCCC2)cc1Cl. The van der Waals surface area contributed by atoms with Crippen LogP contribution in [0.25, 0.3) is 0 Å². The van der Waals surface area contributed by atoms with Crippen LogP contribution in [0.1, 0.15) is 43.0 Å². The molecule has 0 radical (unpaired) electrons. The Kier molecular flexibility index (Phi) is 4.06. The average Bonchev–Trinajstić information content (AvgIpc) is 2.78. The van der Waals surface area contributed by atoms with E-state index in [1.165, 1.54) is 32.6 Å². The van der Waals surface area contributed by atoms with Crippen molar-refractivity contribution in [1.29, 1.82) is 0 Å². The minimum Gasteiger partial charge on any atom is -0.493 e. The van der Waals surface area contributed by atoms with E-state index in [1.54, 1.807) is 12.1 Å². The van der Waals surface area contributed by atoms with Crippen molar-refractivity contribution in [3.8, 4) is 5.75 Å². The maximum Gasteiger partial charge on any atom is 0.161 e. The third kappa shape index (κ3) is 3.22. The number of carbonyl (C=O) groups excluding carboxylic acids is 1. The molecule has 0 unspecified atom stereocenters. The first-order valence-corrected chi connectivity index (χ1v) is 6.48. The number of hydrogen-bond acceptors (Lipinski definition) is 2. The number of hydrogen-bond donors (Lipinski definition) is 0. The Labute approximate surface area is 107 Å². The third-order valence-corrected chi connectivity index (χ3v) is 3.59. The zero-order chi connectivity index (χ0) is 12.3. The summed E-state index contributed by atoms with van der Waals surface area (Å²) in [5.41, 5.74) is 0.555. The number of ether oxygens (including phenoxy) is 1. The van der Waals surface area contributed by atoms with E-state index in [-0.39, 0.29) is 5.78 Å².